The van der Waals surface area contributed by atoms with E-state index in [-0.39, 0.29) is 29.9 Å². The molecule has 1 aliphatic rings. The van der Waals surface area contributed by atoms with Crippen LogP contribution in [-0.4, -0.2) is 78.2 Å². The first-order chi connectivity index (χ1) is 13.1. The molecule has 0 unspecified atom stereocenters. The number of guanidine groups is 1. The topological polar surface area (TPSA) is 86.3 Å². The van der Waals surface area contributed by atoms with E-state index in [0.29, 0.717) is 19.6 Å². The molecule has 0 atom stereocenters. The molecular formula is C20H40IN5O3. The Labute approximate surface area is 193 Å². The molecule has 2 amide bonds. The van der Waals surface area contributed by atoms with Crippen molar-refractivity contribution in [1.29, 1.82) is 0 Å². The van der Waals surface area contributed by atoms with E-state index in [9.17, 15) is 9.59 Å². The molecule has 1 fully saturated rings. The molecule has 29 heavy (non-hydrogen) atoms. The zero-order valence-electron chi connectivity index (χ0n) is 19.1. The van der Waals surface area contributed by atoms with Crippen LogP contribution in [0.15, 0.2) is 4.99 Å². The number of carbonyl (C=O) groups excluding carboxylic acids is 2. The number of hydrogen-bond acceptors (Lipinski definition) is 4. The third-order valence-electron chi connectivity index (χ3n) is 5.01. The van der Waals surface area contributed by atoms with E-state index in [1.807, 2.05) is 32.6 Å². The Morgan fingerprint density at radius 2 is 1.52 bits per heavy atom. The molecule has 0 aliphatic carbocycles. The summed E-state index contributed by atoms with van der Waals surface area (Å²) >= 11 is 0. The van der Waals surface area contributed by atoms with Crippen LogP contribution in [0, 0.1) is 0 Å². The fourth-order valence-electron chi connectivity index (χ4n) is 3.10. The first-order valence-corrected chi connectivity index (χ1v) is 10.4. The average Bonchev–Trinajstić information content (AvgIpc) is 2.62. The second kappa shape index (κ2) is 12.4. The van der Waals surface area contributed by atoms with E-state index in [2.05, 4.69) is 29.4 Å². The third kappa shape index (κ3) is 9.39. The summed E-state index contributed by atoms with van der Waals surface area (Å²) in [5.74, 6) is 0.932. The van der Waals surface area contributed by atoms with E-state index < -0.39 is 17.2 Å². The molecule has 1 aliphatic heterocycles. The Morgan fingerprint density at radius 3 is 1.93 bits per heavy atom. The summed E-state index contributed by atoms with van der Waals surface area (Å²) < 4.78 is 5.44. The van der Waals surface area contributed by atoms with Gasteiger partial charge in [-0.25, -0.2) is 4.79 Å². The van der Waals surface area contributed by atoms with Crippen molar-refractivity contribution in [2.75, 3.05) is 39.3 Å². The largest absolute Gasteiger partial charge is 0.444 e. The van der Waals surface area contributed by atoms with Gasteiger partial charge in [-0.05, 0) is 40.5 Å². The molecule has 1 saturated heterocycles. The summed E-state index contributed by atoms with van der Waals surface area (Å²) in [6.07, 6.45) is 1.10. The lowest BCUT2D eigenvalue weighted by molar-refractivity contribution is -0.130. The van der Waals surface area contributed by atoms with Gasteiger partial charge in [0, 0.05) is 39.6 Å². The normalized spacial score (nSPS) is 15.5. The molecule has 0 bridgehead atoms. The first-order valence-electron chi connectivity index (χ1n) is 10.4. The average molecular weight is 525 g/mol. The van der Waals surface area contributed by atoms with E-state index >= 15 is 0 Å². The second-order valence-corrected chi connectivity index (χ2v) is 8.28. The molecule has 8 nitrogen and oxygen atoms in total. The maximum atomic E-state index is 12.3. The van der Waals surface area contributed by atoms with Gasteiger partial charge < -0.3 is 25.2 Å². The second-order valence-electron chi connectivity index (χ2n) is 8.28. The first kappa shape index (κ1) is 27.7. The minimum atomic E-state index is -0.536. The molecule has 1 rings (SSSR count). The van der Waals surface area contributed by atoms with Crippen LogP contribution in [0.1, 0.15) is 61.3 Å². The van der Waals surface area contributed by atoms with Crippen molar-refractivity contribution in [3.8, 4) is 0 Å². The van der Waals surface area contributed by atoms with Crippen LogP contribution >= 0.6 is 24.0 Å². The number of ether oxygens (including phenoxy) is 1. The van der Waals surface area contributed by atoms with Gasteiger partial charge in [-0.15, -0.1) is 24.0 Å². The van der Waals surface area contributed by atoms with Crippen molar-refractivity contribution in [3.63, 3.8) is 0 Å². The lowest BCUT2D eigenvalue weighted by Gasteiger charge is -2.37. The Kier molecular flexibility index (Phi) is 11.9. The molecule has 0 spiro atoms. The molecular weight excluding hydrogens is 485 g/mol. The molecule has 2 N–H and O–H groups in total. The van der Waals surface area contributed by atoms with E-state index in [0.717, 1.165) is 38.4 Å². The SMILES string of the molecule is CCNC(=NCC(CC)(CC)NC(=O)OC(C)(C)C)N1CCN(C(C)=O)CC1.I. The highest BCUT2D eigenvalue weighted by atomic mass is 127. The summed E-state index contributed by atoms with van der Waals surface area (Å²) in [5, 5.41) is 6.38. The molecule has 0 aromatic heterocycles. The summed E-state index contributed by atoms with van der Waals surface area (Å²) in [4.78, 5) is 32.7. The van der Waals surface area contributed by atoms with Gasteiger partial charge in [0.2, 0.25) is 5.91 Å². The van der Waals surface area contributed by atoms with Crippen LogP contribution in [0.5, 0.6) is 0 Å². The summed E-state index contributed by atoms with van der Waals surface area (Å²) in [6, 6.07) is 0. The van der Waals surface area contributed by atoms with E-state index in [4.69, 9.17) is 9.73 Å². The van der Waals surface area contributed by atoms with Crippen LogP contribution in [-0.2, 0) is 9.53 Å². The zero-order chi connectivity index (χ0) is 21.4. The monoisotopic (exact) mass is 525 g/mol. The molecule has 9 heteroatoms. The van der Waals surface area contributed by atoms with Gasteiger partial charge in [0.25, 0.3) is 0 Å². The Hall–Kier alpha value is -1.26. The summed E-state index contributed by atoms with van der Waals surface area (Å²) in [5.41, 5.74) is -0.990. The fraction of sp³-hybridized carbons (Fsp3) is 0.850. The maximum Gasteiger partial charge on any atom is 0.408 e. The fourth-order valence-corrected chi connectivity index (χ4v) is 3.10. The summed E-state index contributed by atoms with van der Waals surface area (Å²) in [7, 11) is 0. The van der Waals surface area contributed by atoms with Crippen LogP contribution < -0.4 is 10.6 Å². The number of nitrogens with one attached hydrogen (secondary N) is 2. The van der Waals surface area contributed by atoms with Gasteiger partial charge in [-0.3, -0.25) is 9.79 Å². The van der Waals surface area contributed by atoms with Gasteiger partial charge in [0.05, 0.1) is 12.1 Å². The Bertz CT molecular complexity index is 551. The van der Waals surface area contributed by atoms with E-state index in [1.54, 1.807) is 6.92 Å². The molecule has 170 valence electrons. The van der Waals surface area contributed by atoms with Crippen LogP contribution in [0.25, 0.3) is 0 Å². The number of hydrogen-bond donors (Lipinski definition) is 2. The number of piperazine rings is 1. The number of nitrogens with zero attached hydrogens (tertiary/aromatic N) is 3. The number of carbonyl (C=O) groups is 2. The predicted octanol–water partition coefficient (Wildman–Crippen LogP) is 2.82. The molecule has 0 aromatic rings. The smallest absolute Gasteiger partial charge is 0.408 e. The van der Waals surface area contributed by atoms with Crippen molar-refractivity contribution >= 4 is 41.9 Å². The summed E-state index contributed by atoms with van der Waals surface area (Å²) in [6.45, 7) is 17.4. The van der Waals surface area contributed by atoms with Gasteiger partial charge in [0.15, 0.2) is 5.96 Å². The van der Waals surface area contributed by atoms with Gasteiger partial charge in [0.1, 0.15) is 5.60 Å². The number of halogens is 1. The van der Waals surface area contributed by atoms with Crippen LogP contribution in [0.3, 0.4) is 0 Å². The number of rotatable bonds is 6. The van der Waals surface area contributed by atoms with Crippen LogP contribution in [0.4, 0.5) is 4.79 Å². The highest BCUT2D eigenvalue weighted by Gasteiger charge is 2.31. The molecule has 1 heterocycles. The van der Waals surface area contributed by atoms with Crippen molar-refractivity contribution in [1.82, 2.24) is 20.4 Å². The van der Waals surface area contributed by atoms with Gasteiger partial charge >= 0.3 is 6.09 Å². The highest BCUT2D eigenvalue weighted by molar-refractivity contribution is 14.0. The molecule has 0 radical (unpaired) electrons. The van der Waals surface area contributed by atoms with Gasteiger partial charge in [-0.2, -0.15) is 0 Å². The third-order valence-corrected chi connectivity index (χ3v) is 5.01. The zero-order valence-corrected chi connectivity index (χ0v) is 21.5. The van der Waals surface area contributed by atoms with Crippen LogP contribution in [0.2, 0.25) is 0 Å². The number of amides is 2. The quantitative estimate of drug-likeness (QED) is 0.317. The minimum Gasteiger partial charge on any atom is -0.444 e. The number of alkyl carbamates (subject to hydrolysis) is 1. The highest BCUT2D eigenvalue weighted by Crippen LogP contribution is 2.18. The van der Waals surface area contributed by atoms with Crippen molar-refractivity contribution in [2.24, 2.45) is 4.99 Å². The van der Waals surface area contributed by atoms with Crippen molar-refractivity contribution in [2.45, 2.75) is 72.4 Å². The van der Waals surface area contributed by atoms with Gasteiger partial charge in [-0.1, -0.05) is 13.8 Å². The minimum absolute atomic E-state index is 0. The number of aliphatic imine (C=N–C) groups is 1. The molecule has 0 aromatic carbocycles. The lowest BCUT2D eigenvalue weighted by Crippen LogP contribution is -2.55. The van der Waals surface area contributed by atoms with Crippen molar-refractivity contribution in [3.05, 3.63) is 0 Å². The molecule has 0 saturated carbocycles. The Balaban J connectivity index is 0.00000784. The Morgan fingerprint density at radius 1 is 1.00 bits per heavy atom. The lowest BCUT2D eigenvalue weighted by atomic mass is 9.93. The maximum absolute atomic E-state index is 12.3. The van der Waals surface area contributed by atoms with Crippen molar-refractivity contribution < 1.29 is 14.3 Å². The predicted molar refractivity (Wildman–Crippen MR) is 128 cm³/mol. The standard InChI is InChI=1S/C20H39N5O3.HI/c1-8-20(9-2,23-18(27)28-19(5,6)7)15-22-17(21-10-3)25-13-11-24(12-14-25)16(4)26;/h8-15H2,1-7H3,(H,21,22)(H,23,27);1H. The van der Waals surface area contributed by atoms with E-state index in [1.165, 1.54) is 0 Å².